The van der Waals surface area contributed by atoms with E-state index in [9.17, 15) is 14.3 Å². The first-order valence-corrected chi connectivity index (χ1v) is 6.09. The molecule has 0 unspecified atom stereocenters. The lowest BCUT2D eigenvalue weighted by Crippen LogP contribution is -2.14. The highest BCUT2D eigenvalue weighted by atomic mass is 79.9. The van der Waals surface area contributed by atoms with Crippen LogP contribution in [0.5, 0.6) is 5.88 Å². The summed E-state index contributed by atoms with van der Waals surface area (Å²) in [7, 11) is 0. The van der Waals surface area contributed by atoms with Crippen molar-refractivity contribution < 1.29 is 9.50 Å². The zero-order chi connectivity index (χ0) is 13.3. The van der Waals surface area contributed by atoms with Gasteiger partial charge in [0.1, 0.15) is 11.6 Å². The molecular weight excluding hydrogens is 303 g/mol. The molecule has 0 saturated heterocycles. The Morgan fingerprint density at radius 1 is 1.50 bits per heavy atom. The molecule has 0 saturated carbocycles. The van der Waals surface area contributed by atoms with E-state index in [4.69, 9.17) is 0 Å². The third kappa shape index (κ3) is 2.28. The standard InChI is InChI=1S/C12H10BrFN2O2/c1-2-7-11(17)15-10(16-12(7)18)6-3-4-8(13)9(14)5-6/h3-5H,2H2,1H3,(H2,15,16,17,18). The predicted octanol–water partition coefficient (Wildman–Crippen LogP) is 2.61. The van der Waals surface area contributed by atoms with Crippen LogP contribution in [0.25, 0.3) is 11.4 Å². The van der Waals surface area contributed by atoms with E-state index in [0.29, 0.717) is 16.5 Å². The molecule has 4 nitrogen and oxygen atoms in total. The lowest BCUT2D eigenvalue weighted by molar-refractivity contribution is 0.444. The topological polar surface area (TPSA) is 66.0 Å². The van der Waals surface area contributed by atoms with Crippen molar-refractivity contribution in [1.29, 1.82) is 0 Å². The van der Waals surface area contributed by atoms with Crippen LogP contribution in [0.1, 0.15) is 12.5 Å². The maximum atomic E-state index is 13.4. The quantitative estimate of drug-likeness (QED) is 0.895. The van der Waals surface area contributed by atoms with Crippen LogP contribution in [0.2, 0.25) is 0 Å². The summed E-state index contributed by atoms with van der Waals surface area (Å²) < 4.78 is 13.7. The van der Waals surface area contributed by atoms with Crippen molar-refractivity contribution in [1.82, 2.24) is 9.97 Å². The fourth-order valence-electron chi connectivity index (χ4n) is 1.58. The second kappa shape index (κ2) is 4.89. The first-order chi connectivity index (χ1) is 8.52. The SMILES string of the molecule is CCc1c(O)nc(-c2ccc(Br)c(F)c2)[nH]c1=O. The molecule has 0 spiro atoms. The van der Waals surface area contributed by atoms with Crippen LogP contribution in [0.3, 0.4) is 0 Å². The van der Waals surface area contributed by atoms with Gasteiger partial charge in [-0.15, -0.1) is 0 Å². The number of halogens is 2. The molecule has 0 aliphatic rings. The summed E-state index contributed by atoms with van der Waals surface area (Å²) in [5.74, 6) is -0.644. The smallest absolute Gasteiger partial charge is 0.258 e. The van der Waals surface area contributed by atoms with Crippen LogP contribution in [0, 0.1) is 5.82 Å². The summed E-state index contributed by atoms with van der Waals surface area (Å²) >= 11 is 3.04. The molecule has 1 aromatic carbocycles. The Kier molecular flexibility index (Phi) is 3.47. The van der Waals surface area contributed by atoms with E-state index in [0.717, 1.165) is 0 Å². The summed E-state index contributed by atoms with van der Waals surface area (Å²) in [6.07, 6.45) is 0.378. The maximum Gasteiger partial charge on any atom is 0.258 e. The highest BCUT2D eigenvalue weighted by Gasteiger charge is 2.11. The molecule has 94 valence electrons. The van der Waals surface area contributed by atoms with E-state index in [2.05, 4.69) is 25.9 Å². The zero-order valence-electron chi connectivity index (χ0n) is 9.50. The van der Waals surface area contributed by atoms with Gasteiger partial charge in [0, 0.05) is 5.56 Å². The summed E-state index contributed by atoms with van der Waals surface area (Å²) in [5, 5.41) is 9.62. The van der Waals surface area contributed by atoms with Crippen LogP contribution in [0.4, 0.5) is 4.39 Å². The number of aromatic amines is 1. The minimum Gasteiger partial charge on any atom is -0.493 e. The van der Waals surface area contributed by atoms with Crippen LogP contribution >= 0.6 is 15.9 Å². The normalized spacial score (nSPS) is 10.6. The van der Waals surface area contributed by atoms with Gasteiger partial charge in [0.15, 0.2) is 0 Å². The Bertz CT molecular complexity index is 655. The molecular formula is C12H10BrFN2O2. The molecule has 0 fully saturated rings. The summed E-state index contributed by atoms with van der Waals surface area (Å²) in [6, 6.07) is 4.33. The first kappa shape index (κ1) is 12.8. The molecule has 0 atom stereocenters. The second-order valence-electron chi connectivity index (χ2n) is 3.70. The van der Waals surface area contributed by atoms with Gasteiger partial charge in [0.05, 0.1) is 10.0 Å². The van der Waals surface area contributed by atoms with Gasteiger partial charge in [-0.1, -0.05) is 6.92 Å². The fourth-order valence-corrected chi connectivity index (χ4v) is 1.83. The van der Waals surface area contributed by atoms with Crippen LogP contribution in [-0.2, 0) is 6.42 Å². The van der Waals surface area contributed by atoms with E-state index < -0.39 is 11.4 Å². The maximum absolute atomic E-state index is 13.4. The molecule has 6 heteroatoms. The number of aromatic hydroxyl groups is 1. The van der Waals surface area contributed by atoms with Gasteiger partial charge in [-0.05, 0) is 40.5 Å². The van der Waals surface area contributed by atoms with Gasteiger partial charge in [-0.3, -0.25) is 4.79 Å². The lowest BCUT2D eigenvalue weighted by Gasteiger charge is -2.05. The number of aromatic nitrogens is 2. The zero-order valence-corrected chi connectivity index (χ0v) is 11.1. The van der Waals surface area contributed by atoms with Crippen molar-refractivity contribution in [3.05, 3.63) is 44.4 Å². The molecule has 0 amide bonds. The van der Waals surface area contributed by atoms with Crippen molar-refractivity contribution in [2.24, 2.45) is 0 Å². The Balaban J connectivity index is 2.58. The lowest BCUT2D eigenvalue weighted by atomic mass is 10.2. The number of nitrogens with one attached hydrogen (secondary N) is 1. The highest BCUT2D eigenvalue weighted by molar-refractivity contribution is 9.10. The van der Waals surface area contributed by atoms with E-state index >= 15 is 0 Å². The first-order valence-electron chi connectivity index (χ1n) is 5.30. The summed E-state index contributed by atoms with van der Waals surface area (Å²) in [5.41, 5.74) is 0.199. The molecule has 2 N–H and O–H groups in total. The van der Waals surface area contributed by atoms with E-state index in [1.807, 2.05) is 0 Å². The molecule has 0 bridgehead atoms. The Hall–Kier alpha value is -1.69. The number of benzene rings is 1. The van der Waals surface area contributed by atoms with Gasteiger partial charge in [-0.2, -0.15) is 4.98 Å². The van der Waals surface area contributed by atoms with Gasteiger partial charge in [0.25, 0.3) is 5.56 Å². The fraction of sp³-hybridized carbons (Fsp3) is 0.167. The van der Waals surface area contributed by atoms with Crippen molar-refractivity contribution >= 4 is 15.9 Å². The number of nitrogens with zero attached hydrogens (tertiary/aromatic N) is 1. The molecule has 2 rings (SSSR count). The minimum atomic E-state index is -0.464. The molecule has 0 aliphatic heterocycles. The van der Waals surface area contributed by atoms with Crippen molar-refractivity contribution in [2.75, 3.05) is 0 Å². The molecule has 0 aliphatic carbocycles. The van der Waals surface area contributed by atoms with Crippen molar-refractivity contribution in [3.63, 3.8) is 0 Å². The molecule has 0 radical (unpaired) electrons. The minimum absolute atomic E-state index is 0.140. The average molecular weight is 313 g/mol. The van der Waals surface area contributed by atoms with E-state index in [-0.39, 0.29) is 17.3 Å². The summed E-state index contributed by atoms with van der Waals surface area (Å²) in [4.78, 5) is 18.0. The van der Waals surface area contributed by atoms with Gasteiger partial charge in [-0.25, -0.2) is 4.39 Å². The van der Waals surface area contributed by atoms with Crippen LogP contribution < -0.4 is 5.56 Å². The second-order valence-corrected chi connectivity index (χ2v) is 4.55. The largest absolute Gasteiger partial charge is 0.493 e. The Morgan fingerprint density at radius 2 is 2.22 bits per heavy atom. The van der Waals surface area contributed by atoms with E-state index in [1.165, 1.54) is 12.1 Å². The average Bonchev–Trinajstić information content (AvgIpc) is 2.32. The third-order valence-electron chi connectivity index (χ3n) is 2.54. The molecule has 18 heavy (non-hydrogen) atoms. The van der Waals surface area contributed by atoms with Gasteiger partial charge < -0.3 is 10.1 Å². The van der Waals surface area contributed by atoms with Crippen molar-refractivity contribution in [3.8, 4) is 17.3 Å². The summed E-state index contributed by atoms with van der Waals surface area (Å²) in [6.45, 7) is 1.74. The van der Waals surface area contributed by atoms with Gasteiger partial charge >= 0.3 is 0 Å². The van der Waals surface area contributed by atoms with Crippen molar-refractivity contribution in [2.45, 2.75) is 13.3 Å². The molecule has 1 aromatic heterocycles. The third-order valence-corrected chi connectivity index (χ3v) is 3.18. The highest BCUT2D eigenvalue weighted by Crippen LogP contribution is 2.23. The number of H-pyrrole nitrogens is 1. The van der Waals surface area contributed by atoms with Crippen LogP contribution in [0.15, 0.2) is 27.5 Å². The predicted molar refractivity (Wildman–Crippen MR) is 69.0 cm³/mol. The molecule has 1 heterocycles. The number of hydrogen-bond donors (Lipinski definition) is 2. The molecule has 2 aromatic rings. The Labute approximate surface area is 111 Å². The van der Waals surface area contributed by atoms with Gasteiger partial charge in [0.2, 0.25) is 5.88 Å². The number of rotatable bonds is 2. The Morgan fingerprint density at radius 3 is 2.78 bits per heavy atom. The monoisotopic (exact) mass is 312 g/mol. The van der Waals surface area contributed by atoms with E-state index in [1.54, 1.807) is 13.0 Å². The number of hydrogen-bond acceptors (Lipinski definition) is 3. The van der Waals surface area contributed by atoms with Crippen LogP contribution in [-0.4, -0.2) is 15.1 Å².